The van der Waals surface area contributed by atoms with E-state index in [4.69, 9.17) is 5.73 Å². The maximum atomic E-state index is 5.86. The average Bonchev–Trinajstić information content (AvgIpc) is 2.36. The molecule has 0 unspecified atom stereocenters. The first kappa shape index (κ1) is 8.08. The van der Waals surface area contributed by atoms with E-state index in [0.717, 1.165) is 12.1 Å². The van der Waals surface area contributed by atoms with Crippen LogP contribution in [0.5, 0.6) is 0 Å². The summed E-state index contributed by atoms with van der Waals surface area (Å²) < 4.78 is 2.04. The molecule has 0 fully saturated rings. The van der Waals surface area contributed by atoms with Gasteiger partial charge in [0.05, 0.1) is 0 Å². The molecule has 0 saturated carbocycles. The third-order valence-corrected chi connectivity index (χ3v) is 1.78. The molecule has 1 aromatic heterocycles. The van der Waals surface area contributed by atoms with Crippen LogP contribution in [-0.4, -0.2) is 4.57 Å². The van der Waals surface area contributed by atoms with E-state index >= 15 is 0 Å². The number of hydrogen-bond acceptors (Lipinski definition) is 1. The van der Waals surface area contributed by atoms with Crippen LogP contribution >= 0.6 is 0 Å². The summed E-state index contributed by atoms with van der Waals surface area (Å²) in [6, 6.07) is 4.12. The van der Waals surface area contributed by atoms with Crippen LogP contribution in [0.1, 0.15) is 18.2 Å². The fourth-order valence-electron chi connectivity index (χ4n) is 1.16. The van der Waals surface area contributed by atoms with Crippen molar-refractivity contribution in [3.63, 3.8) is 0 Å². The Hall–Kier alpha value is -1.02. The summed E-state index contributed by atoms with van der Waals surface area (Å²) in [4.78, 5) is 0. The summed E-state index contributed by atoms with van der Waals surface area (Å²) in [7, 11) is 2.00. The minimum Gasteiger partial charge on any atom is -0.353 e. The monoisotopic (exact) mass is 150 g/mol. The molecule has 1 aromatic rings. The Bertz CT molecular complexity index is 237. The van der Waals surface area contributed by atoms with E-state index in [1.54, 1.807) is 0 Å². The molecule has 11 heavy (non-hydrogen) atoms. The Labute approximate surface area is 67.3 Å². The maximum absolute atomic E-state index is 5.86. The largest absolute Gasteiger partial charge is 0.353 e. The normalized spacial score (nSPS) is 12.9. The molecule has 0 bridgehead atoms. The van der Waals surface area contributed by atoms with Crippen molar-refractivity contribution in [1.82, 2.24) is 4.57 Å². The van der Waals surface area contributed by atoms with Crippen LogP contribution in [0.3, 0.4) is 0 Å². The van der Waals surface area contributed by atoms with Gasteiger partial charge in [-0.25, -0.2) is 0 Å². The minimum atomic E-state index is 0.0903. The third kappa shape index (κ3) is 1.71. The summed E-state index contributed by atoms with van der Waals surface area (Å²) in [6.07, 6.45) is 4.67. The van der Waals surface area contributed by atoms with Crippen LogP contribution in [0.15, 0.2) is 31.0 Å². The first-order valence-electron chi connectivity index (χ1n) is 3.73. The Kier molecular flexibility index (Phi) is 2.49. The second-order valence-corrected chi connectivity index (χ2v) is 2.67. The van der Waals surface area contributed by atoms with Gasteiger partial charge in [0.2, 0.25) is 0 Å². The van der Waals surface area contributed by atoms with Crippen LogP contribution in [-0.2, 0) is 7.05 Å². The standard InChI is InChI=1S/C9H14N2/c1-3-5-8(10)9-6-4-7-11(9)2/h3-4,6-8H,1,5,10H2,2H3/t8-/m1/s1. The van der Waals surface area contributed by atoms with Crippen molar-refractivity contribution >= 4 is 0 Å². The molecule has 2 nitrogen and oxygen atoms in total. The van der Waals surface area contributed by atoms with E-state index in [2.05, 4.69) is 6.58 Å². The molecule has 0 aliphatic heterocycles. The number of rotatable bonds is 3. The SMILES string of the molecule is C=CC[C@@H](N)c1cccn1C. The summed E-state index contributed by atoms with van der Waals surface area (Å²) in [5.41, 5.74) is 7.02. The van der Waals surface area contributed by atoms with E-state index in [1.807, 2.05) is 36.0 Å². The van der Waals surface area contributed by atoms with Crippen molar-refractivity contribution in [2.45, 2.75) is 12.5 Å². The number of nitrogens with two attached hydrogens (primary N) is 1. The zero-order valence-corrected chi connectivity index (χ0v) is 6.83. The van der Waals surface area contributed by atoms with Gasteiger partial charge < -0.3 is 10.3 Å². The van der Waals surface area contributed by atoms with Gasteiger partial charge in [-0.2, -0.15) is 0 Å². The Balaban J connectivity index is 2.74. The van der Waals surface area contributed by atoms with Gasteiger partial charge in [-0.1, -0.05) is 6.08 Å². The first-order valence-corrected chi connectivity index (χ1v) is 3.73. The zero-order chi connectivity index (χ0) is 8.27. The smallest absolute Gasteiger partial charge is 0.0484 e. The Morgan fingerprint density at radius 1 is 1.82 bits per heavy atom. The number of hydrogen-bond donors (Lipinski definition) is 1. The summed E-state index contributed by atoms with van der Waals surface area (Å²) >= 11 is 0. The molecule has 1 rings (SSSR count). The number of aromatic nitrogens is 1. The molecule has 0 aliphatic rings. The molecular weight excluding hydrogens is 136 g/mol. The van der Waals surface area contributed by atoms with Crippen molar-refractivity contribution in [1.29, 1.82) is 0 Å². The molecular formula is C9H14N2. The van der Waals surface area contributed by atoms with Gasteiger partial charge in [0.25, 0.3) is 0 Å². The van der Waals surface area contributed by atoms with E-state index in [9.17, 15) is 0 Å². The van der Waals surface area contributed by atoms with Crippen molar-refractivity contribution in [3.8, 4) is 0 Å². The molecule has 0 amide bonds. The molecule has 1 atom stereocenters. The zero-order valence-electron chi connectivity index (χ0n) is 6.83. The van der Waals surface area contributed by atoms with Crippen molar-refractivity contribution in [2.24, 2.45) is 12.8 Å². The highest BCUT2D eigenvalue weighted by molar-refractivity contribution is 5.11. The van der Waals surface area contributed by atoms with Gasteiger partial charge in [0.1, 0.15) is 0 Å². The van der Waals surface area contributed by atoms with Gasteiger partial charge in [-0.15, -0.1) is 6.58 Å². The molecule has 0 saturated heterocycles. The van der Waals surface area contributed by atoms with Crippen molar-refractivity contribution in [2.75, 3.05) is 0 Å². The van der Waals surface area contributed by atoms with E-state index < -0.39 is 0 Å². The molecule has 1 heterocycles. The van der Waals surface area contributed by atoms with E-state index in [0.29, 0.717) is 0 Å². The second kappa shape index (κ2) is 3.39. The summed E-state index contributed by atoms with van der Waals surface area (Å²) in [5.74, 6) is 0. The van der Waals surface area contributed by atoms with Crippen LogP contribution < -0.4 is 5.73 Å². The molecule has 0 radical (unpaired) electrons. The van der Waals surface area contributed by atoms with Gasteiger partial charge in [-0.3, -0.25) is 0 Å². The van der Waals surface area contributed by atoms with Crippen molar-refractivity contribution in [3.05, 3.63) is 36.7 Å². The molecule has 2 N–H and O–H groups in total. The summed E-state index contributed by atoms with van der Waals surface area (Å²) in [5, 5.41) is 0. The lowest BCUT2D eigenvalue weighted by atomic mass is 10.1. The van der Waals surface area contributed by atoms with Crippen LogP contribution in [0.4, 0.5) is 0 Å². The van der Waals surface area contributed by atoms with Crippen LogP contribution in [0.2, 0.25) is 0 Å². The first-order chi connectivity index (χ1) is 5.25. The Morgan fingerprint density at radius 2 is 2.55 bits per heavy atom. The topological polar surface area (TPSA) is 30.9 Å². The second-order valence-electron chi connectivity index (χ2n) is 2.67. The lowest BCUT2D eigenvalue weighted by Gasteiger charge is -2.09. The Morgan fingerprint density at radius 3 is 3.00 bits per heavy atom. The van der Waals surface area contributed by atoms with Gasteiger partial charge >= 0.3 is 0 Å². The lowest BCUT2D eigenvalue weighted by molar-refractivity contribution is 0.668. The fourth-order valence-corrected chi connectivity index (χ4v) is 1.16. The van der Waals surface area contributed by atoms with Gasteiger partial charge in [-0.05, 0) is 18.6 Å². The molecule has 0 spiro atoms. The summed E-state index contributed by atoms with van der Waals surface area (Å²) in [6.45, 7) is 3.65. The fraction of sp³-hybridized carbons (Fsp3) is 0.333. The number of aryl methyl sites for hydroxylation is 1. The van der Waals surface area contributed by atoms with E-state index in [1.165, 1.54) is 0 Å². The van der Waals surface area contributed by atoms with Crippen LogP contribution in [0, 0.1) is 0 Å². The van der Waals surface area contributed by atoms with Crippen molar-refractivity contribution < 1.29 is 0 Å². The highest BCUT2D eigenvalue weighted by Crippen LogP contribution is 2.13. The lowest BCUT2D eigenvalue weighted by Crippen LogP contribution is -2.12. The minimum absolute atomic E-state index is 0.0903. The average molecular weight is 150 g/mol. The van der Waals surface area contributed by atoms with Gasteiger partial charge in [0, 0.05) is 25.0 Å². The molecule has 0 aliphatic carbocycles. The predicted octanol–water partition coefficient (Wildman–Crippen LogP) is 1.60. The molecule has 60 valence electrons. The van der Waals surface area contributed by atoms with Gasteiger partial charge in [0.15, 0.2) is 0 Å². The molecule has 2 heteroatoms. The predicted molar refractivity (Wildman–Crippen MR) is 47.2 cm³/mol. The van der Waals surface area contributed by atoms with E-state index in [-0.39, 0.29) is 6.04 Å². The highest BCUT2D eigenvalue weighted by atomic mass is 14.9. The highest BCUT2D eigenvalue weighted by Gasteiger charge is 2.05. The third-order valence-electron chi connectivity index (χ3n) is 1.78. The van der Waals surface area contributed by atoms with Crippen LogP contribution in [0.25, 0.3) is 0 Å². The quantitative estimate of drug-likeness (QED) is 0.652. The molecule has 0 aromatic carbocycles. The maximum Gasteiger partial charge on any atom is 0.0484 e. The number of nitrogens with zero attached hydrogens (tertiary/aromatic N) is 1.